The maximum Gasteiger partial charge on any atom is 0.147 e. The van der Waals surface area contributed by atoms with Gasteiger partial charge in [-0.3, -0.25) is 0 Å². The van der Waals surface area contributed by atoms with E-state index in [1.807, 2.05) is 24.3 Å². The molecule has 3 rings (SSSR count). The van der Waals surface area contributed by atoms with E-state index in [2.05, 4.69) is 10.2 Å². The fourth-order valence-corrected chi connectivity index (χ4v) is 2.14. The Bertz CT molecular complexity index is 732. The van der Waals surface area contributed by atoms with Gasteiger partial charge in [0.25, 0.3) is 0 Å². The molecule has 0 bridgehead atoms. The van der Waals surface area contributed by atoms with Gasteiger partial charge in [0, 0.05) is 18.7 Å². The summed E-state index contributed by atoms with van der Waals surface area (Å²) in [7, 11) is 0. The van der Waals surface area contributed by atoms with Crippen LogP contribution in [0.25, 0.3) is 16.7 Å². The van der Waals surface area contributed by atoms with E-state index in [9.17, 15) is 5.11 Å². The molecule has 0 saturated carbocycles. The highest BCUT2D eigenvalue weighted by atomic mass is 16.3. The van der Waals surface area contributed by atoms with E-state index in [1.165, 1.54) is 4.80 Å². The molecule has 0 aliphatic heterocycles. The van der Waals surface area contributed by atoms with Crippen molar-refractivity contribution in [3.63, 3.8) is 0 Å². The summed E-state index contributed by atoms with van der Waals surface area (Å²) in [5.74, 6) is 0.0880. The number of nitrogens with two attached hydrogens (primary N) is 2. The second-order valence-electron chi connectivity index (χ2n) is 4.51. The molecular formula is C14H15N5O. The summed E-state index contributed by atoms with van der Waals surface area (Å²) in [6, 6.07) is 11.1. The predicted octanol–water partition coefficient (Wildman–Crippen LogP) is 1.04. The number of benzene rings is 2. The first-order valence-electron chi connectivity index (χ1n) is 6.30. The summed E-state index contributed by atoms with van der Waals surface area (Å²) < 4.78 is 0. The normalized spacial score (nSPS) is 11.1. The van der Waals surface area contributed by atoms with Crippen LogP contribution in [-0.2, 0) is 13.1 Å². The third-order valence-corrected chi connectivity index (χ3v) is 3.19. The zero-order valence-corrected chi connectivity index (χ0v) is 10.8. The maximum atomic E-state index is 10.3. The van der Waals surface area contributed by atoms with Gasteiger partial charge in [0.2, 0.25) is 0 Å². The Labute approximate surface area is 115 Å². The van der Waals surface area contributed by atoms with E-state index in [-0.39, 0.29) is 12.3 Å². The molecule has 0 fully saturated rings. The van der Waals surface area contributed by atoms with Crippen molar-refractivity contribution in [2.24, 2.45) is 11.5 Å². The minimum absolute atomic E-state index is 0.0880. The van der Waals surface area contributed by atoms with Crippen LogP contribution in [0.4, 0.5) is 0 Å². The summed E-state index contributed by atoms with van der Waals surface area (Å²) in [5.41, 5.74) is 14.8. The Morgan fingerprint density at radius 3 is 2.20 bits per heavy atom. The Morgan fingerprint density at radius 1 is 1.00 bits per heavy atom. The number of rotatable bonds is 3. The number of nitrogens with zero attached hydrogens (tertiary/aromatic N) is 3. The standard InChI is InChI=1S/C14H15N5O/c15-7-9-5-10(8-16)14(20)13(6-9)19-17-11-3-1-2-4-12(11)18-19/h1-6,20H,7-8,15-16H2. The summed E-state index contributed by atoms with van der Waals surface area (Å²) in [6.07, 6.45) is 0. The smallest absolute Gasteiger partial charge is 0.147 e. The minimum Gasteiger partial charge on any atom is -0.505 e. The van der Waals surface area contributed by atoms with Crippen LogP contribution < -0.4 is 11.5 Å². The Hall–Kier alpha value is -2.44. The largest absolute Gasteiger partial charge is 0.505 e. The maximum absolute atomic E-state index is 10.3. The Balaban J connectivity index is 2.22. The van der Waals surface area contributed by atoms with Crippen molar-refractivity contribution in [3.8, 4) is 11.4 Å². The monoisotopic (exact) mass is 269 g/mol. The fourth-order valence-electron chi connectivity index (χ4n) is 2.14. The van der Waals surface area contributed by atoms with E-state index < -0.39 is 0 Å². The highest BCUT2D eigenvalue weighted by Gasteiger charge is 2.13. The SMILES string of the molecule is NCc1cc(CN)c(O)c(-n2nc3ccccc3n2)c1. The van der Waals surface area contributed by atoms with Gasteiger partial charge in [-0.25, -0.2) is 0 Å². The topological polar surface area (TPSA) is 103 Å². The fraction of sp³-hybridized carbons (Fsp3) is 0.143. The van der Waals surface area contributed by atoms with Crippen molar-refractivity contribution in [3.05, 3.63) is 47.5 Å². The molecule has 102 valence electrons. The molecule has 1 aromatic heterocycles. The third kappa shape index (κ3) is 2.01. The Kier molecular flexibility index (Phi) is 3.09. The molecule has 1 heterocycles. The first kappa shape index (κ1) is 12.6. The van der Waals surface area contributed by atoms with E-state index >= 15 is 0 Å². The lowest BCUT2D eigenvalue weighted by atomic mass is 10.1. The van der Waals surface area contributed by atoms with Gasteiger partial charge in [-0.1, -0.05) is 12.1 Å². The van der Waals surface area contributed by atoms with E-state index in [4.69, 9.17) is 11.5 Å². The lowest BCUT2D eigenvalue weighted by molar-refractivity contribution is 0.460. The molecular weight excluding hydrogens is 254 g/mol. The number of phenols is 1. The second-order valence-corrected chi connectivity index (χ2v) is 4.51. The molecule has 2 aromatic carbocycles. The first-order chi connectivity index (χ1) is 9.72. The highest BCUT2D eigenvalue weighted by Crippen LogP contribution is 2.27. The average molecular weight is 269 g/mol. The molecule has 0 saturated heterocycles. The summed E-state index contributed by atoms with van der Waals surface area (Å²) in [5, 5.41) is 19.0. The van der Waals surface area contributed by atoms with Gasteiger partial charge in [0.05, 0.1) is 0 Å². The minimum atomic E-state index is 0.0880. The van der Waals surface area contributed by atoms with Crippen molar-refractivity contribution in [1.29, 1.82) is 0 Å². The lowest BCUT2D eigenvalue weighted by Gasteiger charge is -2.10. The molecule has 0 atom stereocenters. The van der Waals surface area contributed by atoms with Crippen LogP contribution in [0.3, 0.4) is 0 Å². The second kappa shape index (κ2) is 4.92. The van der Waals surface area contributed by atoms with Crippen molar-refractivity contribution < 1.29 is 5.11 Å². The van der Waals surface area contributed by atoms with E-state index in [1.54, 1.807) is 12.1 Å². The molecule has 20 heavy (non-hydrogen) atoms. The molecule has 0 aliphatic rings. The zero-order chi connectivity index (χ0) is 14.1. The zero-order valence-electron chi connectivity index (χ0n) is 10.8. The number of hydrogen-bond acceptors (Lipinski definition) is 5. The van der Waals surface area contributed by atoms with Gasteiger partial charge in [-0.05, 0) is 29.8 Å². The molecule has 0 radical (unpaired) electrons. The van der Waals surface area contributed by atoms with Crippen molar-refractivity contribution >= 4 is 11.0 Å². The lowest BCUT2D eigenvalue weighted by Crippen LogP contribution is -2.07. The van der Waals surface area contributed by atoms with Crippen LogP contribution in [0.2, 0.25) is 0 Å². The molecule has 0 spiro atoms. The first-order valence-corrected chi connectivity index (χ1v) is 6.30. The predicted molar refractivity (Wildman–Crippen MR) is 76.3 cm³/mol. The van der Waals surface area contributed by atoms with Crippen LogP contribution in [0.1, 0.15) is 11.1 Å². The highest BCUT2D eigenvalue weighted by molar-refractivity contribution is 5.73. The molecule has 0 aliphatic carbocycles. The van der Waals surface area contributed by atoms with Crippen LogP contribution in [-0.4, -0.2) is 20.1 Å². The van der Waals surface area contributed by atoms with Crippen molar-refractivity contribution in [2.45, 2.75) is 13.1 Å². The van der Waals surface area contributed by atoms with E-state index in [0.717, 1.165) is 16.6 Å². The molecule has 6 heteroatoms. The van der Waals surface area contributed by atoms with Gasteiger partial charge in [-0.15, -0.1) is 15.0 Å². The van der Waals surface area contributed by atoms with Gasteiger partial charge in [-0.2, -0.15) is 0 Å². The number of hydrogen-bond donors (Lipinski definition) is 3. The third-order valence-electron chi connectivity index (χ3n) is 3.19. The van der Waals surface area contributed by atoms with Gasteiger partial charge >= 0.3 is 0 Å². The van der Waals surface area contributed by atoms with Crippen LogP contribution in [0, 0.1) is 0 Å². The molecule has 6 nitrogen and oxygen atoms in total. The number of aromatic nitrogens is 3. The molecule has 0 unspecified atom stereocenters. The van der Waals surface area contributed by atoms with E-state index in [0.29, 0.717) is 17.8 Å². The summed E-state index contributed by atoms with van der Waals surface area (Å²) in [4.78, 5) is 1.42. The van der Waals surface area contributed by atoms with Gasteiger partial charge in [0.15, 0.2) is 0 Å². The average Bonchev–Trinajstić information content (AvgIpc) is 2.91. The van der Waals surface area contributed by atoms with Crippen LogP contribution >= 0.6 is 0 Å². The van der Waals surface area contributed by atoms with Crippen LogP contribution in [0.15, 0.2) is 36.4 Å². The Morgan fingerprint density at radius 2 is 1.65 bits per heavy atom. The van der Waals surface area contributed by atoms with Crippen LogP contribution in [0.5, 0.6) is 5.75 Å². The number of aromatic hydroxyl groups is 1. The quantitative estimate of drug-likeness (QED) is 0.659. The summed E-state index contributed by atoms with van der Waals surface area (Å²) in [6.45, 7) is 0.592. The molecule has 0 amide bonds. The van der Waals surface area contributed by atoms with Gasteiger partial charge in [0.1, 0.15) is 22.5 Å². The van der Waals surface area contributed by atoms with Gasteiger partial charge < -0.3 is 16.6 Å². The van der Waals surface area contributed by atoms with Crippen molar-refractivity contribution in [1.82, 2.24) is 15.0 Å². The molecule has 3 aromatic rings. The summed E-state index contributed by atoms with van der Waals surface area (Å²) >= 11 is 0. The number of phenolic OH excluding ortho intramolecular Hbond substituents is 1. The number of fused-ring (bicyclic) bond motifs is 1. The van der Waals surface area contributed by atoms with Crippen molar-refractivity contribution in [2.75, 3.05) is 0 Å². The molecule has 5 N–H and O–H groups in total.